The van der Waals surface area contributed by atoms with E-state index in [0.717, 1.165) is 19.3 Å². The zero-order valence-electron chi connectivity index (χ0n) is 11.7. The first-order chi connectivity index (χ1) is 9.27. The molecule has 10 heteroatoms. The summed E-state index contributed by atoms with van der Waals surface area (Å²) in [5.41, 5.74) is -0.941. The molecular weight excluding hydrogens is 311 g/mol. The van der Waals surface area contributed by atoms with Crippen molar-refractivity contribution in [2.45, 2.75) is 19.4 Å². The van der Waals surface area contributed by atoms with Crippen LogP contribution in [0.4, 0.5) is 0 Å². The van der Waals surface area contributed by atoms with Gasteiger partial charge in [-0.1, -0.05) is 11.6 Å². The zero-order chi connectivity index (χ0) is 15.4. The monoisotopic (exact) mass is 322 g/mol. The summed E-state index contributed by atoms with van der Waals surface area (Å²) in [5.74, 6) is -1.55. The van der Waals surface area contributed by atoms with Crippen molar-refractivity contribution in [2.24, 2.45) is 0 Å². The second kappa shape index (κ2) is 8.39. The Bertz CT molecular complexity index is 541. The van der Waals surface area contributed by atoms with Crippen LogP contribution in [0, 0.1) is 26.1 Å². The van der Waals surface area contributed by atoms with Gasteiger partial charge in [0.2, 0.25) is 5.97 Å². The normalized spacial score (nSPS) is 17.0. The fourth-order valence-electron chi connectivity index (χ4n) is 1.75. The quantitative estimate of drug-likeness (QED) is 0.179. The van der Waals surface area contributed by atoms with E-state index in [9.17, 15) is 29.8 Å². The van der Waals surface area contributed by atoms with E-state index in [1.807, 2.05) is 0 Å². The minimum absolute atomic E-state index is 0. The number of hydrogen-bond donors (Lipinski definition) is 0. The first kappa shape index (κ1) is 19.9. The van der Waals surface area contributed by atoms with Gasteiger partial charge in [-0.05, 0) is 18.9 Å². The number of esters is 1. The number of carbonyl (C=O) groups excluding carboxylic acids is 2. The largest absolute Gasteiger partial charge is 1.00 e. The van der Waals surface area contributed by atoms with Crippen LogP contribution in [-0.2, 0) is 14.3 Å². The summed E-state index contributed by atoms with van der Waals surface area (Å²) in [6.45, 7) is 1.19. The van der Waals surface area contributed by atoms with Crippen molar-refractivity contribution in [3.05, 3.63) is 49.6 Å². The molecule has 0 aliphatic heterocycles. The summed E-state index contributed by atoms with van der Waals surface area (Å²) >= 11 is 0. The Morgan fingerprint density at radius 1 is 1.33 bits per heavy atom. The molecule has 1 aliphatic rings. The molecule has 21 heavy (non-hydrogen) atoms. The van der Waals surface area contributed by atoms with Gasteiger partial charge in [-0.3, -0.25) is 20.2 Å². The van der Waals surface area contributed by atoms with Crippen molar-refractivity contribution in [1.82, 2.24) is 0 Å². The molecule has 0 saturated heterocycles. The smallest absolute Gasteiger partial charge is 0.509 e. The maximum Gasteiger partial charge on any atom is 1.00 e. The number of hydrogen-bond acceptors (Lipinski definition) is 7. The van der Waals surface area contributed by atoms with Gasteiger partial charge in [0.25, 0.3) is 0 Å². The molecule has 0 aromatic heterocycles. The fraction of sp³-hybridized carbons (Fsp3) is 0.364. The molecule has 0 radical (unpaired) electrons. The van der Waals surface area contributed by atoms with Crippen LogP contribution in [0.15, 0.2) is 23.4 Å². The van der Waals surface area contributed by atoms with Gasteiger partial charge in [-0.15, -0.1) is 0 Å². The van der Waals surface area contributed by atoms with Crippen LogP contribution in [-0.4, -0.2) is 34.8 Å². The van der Waals surface area contributed by atoms with Crippen molar-refractivity contribution in [3.63, 3.8) is 0 Å². The zero-order valence-corrected chi connectivity index (χ0v) is 14.8. The Hall–Kier alpha value is -1.07. The summed E-state index contributed by atoms with van der Waals surface area (Å²) in [6.07, 6.45) is 1.36. The molecule has 9 nitrogen and oxygen atoms in total. The van der Waals surface area contributed by atoms with Gasteiger partial charge in [0.1, 0.15) is 5.78 Å². The maximum atomic E-state index is 11.6. The minimum Gasteiger partial charge on any atom is -0.509 e. The molecule has 0 heterocycles. The van der Waals surface area contributed by atoms with Gasteiger partial charge in [0.05, 0.1) is 7.11 Å². The van der Waals surface area contributed by atoms with Gasteiger partial charge >= 0.3 is 51.4 Å². The summed E-state index contributed by atoms with van der Waals surface area (Å²) in [6, 6.07) is -1.51. The Labute approximate surface area is 162 Å². The Morgan fingerprint density at radius 3 is 2.29 bits per heavy atom. The molecule has 1 atom stereocenters. The molecular formula is C11H11KN2O7. The maximum absolute atomic E-state index is 11.6. The number of rotatable bonds is 5. The molecule has 0 saturated carbocycles. The van der Waals surface area contributed by atoms with Crippen molar-refractivity contribution in [3.8, 4) is 0 Å². The first-order valence-electron chi connectivity index (χ1n) is 5.43. The third-order valence-corrected chi connectivity index (χ3v) is 2.57. The summed E-state index contributed by atoms with van der Waals surface area (Å²) in [7, 11) is 1.04. The summed E-state index contributed by atoms with van der Waals surface area (Å²) in [5, 5.41) is 21.7. The number of Topliss-reactive ketones (excluding diaryl/α,β-unsaturated/α-hetero) is 1. The third-order valence-electron chi connectivity index (χ3n) is 2.57. The Morgan fingerprint density at radius 2 is 1.90 bits per heavy atom. The average Bonchev–Trinajstić information content (AvgIpc) is 2.36. The topological polar surface area (TPSA) is 130 Å². The van der Waals surface area contributed by atoms with Crippen LogP contribution in [0.3, 0.4) is 0 Å². The van der Waals surface area contributed by atoms with Crippen LogP contribution < -0.4 is 51.4 Å². The molecule has 0 fully saturated rings. The first-order valence-corrected chi connectivity index (χ1v) is 5.43. The fourth-order valence-corrected chi connectivity index (χ4v) is 1.75. The van der Waals surface area contributed by atoms with Crippen molar-refractivity contribution >= 4 is 11.8 Å². The van der Waals surface area contributed by atoms with E-state index in [4.69, 9.17) is 0 Å². The molecule has 0 N–H and O–H groups in total. The second-order valence-corrected chi connectivity index (χ2v) is 4.01. The van der Waals surface area contributed by atoms with Gasteiger partial charge in [0, 0.05) is 16.3 Å². The molecule has 1 aliphatic carbocycles. The van der Waals surface area contributed by atoms with E-state index < -0.39 is 33.3 Å². The SMILES string of the molecule is COC(=O)C1=CC([N+](=O)[O-])C=C([N+](=O)[O-])[C-]1CC(C)=O.[K+]. The molecule has 1 rings (SSSR count). The van der Waals surface area contributed by atoms with Gasteiger partial charge in [-0.2, -0.15) is 0 Å². The van der Waals surface area contributed by atoms with Gasteiger partial charge < -0.3 is 14.3 Å². The molecule has 0 spiro atoms. The Kier molecular flexibility index (Phi) is 7.96. The van der Waals surface area contributed by atoms with Crippen LogP contribution in [0.5, 0.6) is 0 Å². The minimum atomic E-state index is -1.51. The molecule has 108 valence electrons. The predicted octanol–water partition coefficient (Wildman–Crippen LogP) is -2.54. The van der Waals surface area contributed by atoms with Crippen molar-refractivity contribution in [1.29, 1.82) is 0 Å². The number of methoxy groups -OCH3 is 1. The van der Waals surface area contributed by atoms with Gasteiger partial charge in [-0.25, -0.2) is 0 Å². The summed E-state index contributed by atoms with van der Waals surface area (Å²) in [4.78, 5) is 42.9. The van der Waals surface area contributed by atoms with Crippen molar-refractivity contribution in [2.75, 3.05) is 7.11 Å². The number of ketones is 1. The van der Waals surface area contributed by atoms with E-state index >= 15 is 0 Å². The van der Waals surface area contributed by atoms with Crippen LogP contribution in [0.1, 0.15) is 13.3 Å². The van der Waals surface area contributed by atoms with E-state index in [-0.39, 0.29) is 69.3 Å². The second-order valence-electron chi connectivity index (χ2n) is 4.01. The number of nitrogens with zero attached hydrogens (tertiary/aromatic N) is 2. The molecule has 1 unspecified atom stereocenters. The van der Waals surface area contributed by atoms with E-state index in [2.05, 4.69) is 4.74 Å². The molecule has 0 bridgehead atoms. The van der Waals surface area contributed by atoms with E-state index in [0.29, 0.717) is 0 Å². The van der Waals surface area contributed by atoms with Crippen LogP contribution in [0.2, 0.25) is 0 Å². The average molecular weight is 322 g/mol. The van der Waals surface area contributed by atoms with E-state index in [1.54, 1.807) is 0 Å². The van der Waals surface area contributed by atoms with Crippen LogP contribution >= 0.6 is 0 Å². The summed E-state index contributed by atoms with van der Waals surface area (Å²) < 4.78 is 4.45. The molecule has 0 aromatic rings. The standard InChI is InChI=1S/C11H11N2O7.K/c1-6(14)3-8-9(11(15)20-2)4-7(12(16)17)5-10(8)13(18)19;/h4-5,7H,3H2,1-2H3;/q-1;+1. The third kappa shape index (κ3) is 5.00. The van der Waals surface area contributed by atoms with Gasteiger partial charge in [0.15, 0.2) is 11.7 Å². The van der Waals surface area contributed by atoms with Crippen LogP contribution in [0.25, 0.3) is 0 Å². The molecule has 0 amide bonds. The Balaban J connectivity index is 0.00000400. The number of nitro groups is 2. The molecule has 0 aromatic carbocycles. The predicted molar refractivity (Wildman–Crippen MR) is 64.5 cm³/mol. The number of allylic oxidation sites excluding steroid dienone is 1. The van der Waals surface area contributed by atoms with Crippen molar-refractivity contribution < 1.29 is 75.6 Å². The number of carbonyl (C=O) groups is 2. The van der Waals surface area contributed by atoms with E-state index in [1.165, 1.54) is 6.92 Å². The number of ether oxygens (including phenoxy) is 1.